The predicted molar refractivity (Wildman–Crippen MR) is 67.3 cm³/mol. The minimum absolute atomic E-state index is 0.383. The molecule has 2 rings (SSSR count). The molecule has 2 saturated carbocycles. The van der Waals surface area contributed by atoms with Crippen LogP contribution in [0.4, 0.5) is 0 Å². The van der Waals surface area contributed by atoms with Gasteiger partial charge in [-0.1, -0.05) is 27.7 Å². The van der Waals surface area contributed by atoms with E-state index in [1.54, 1.807) is 0 Å². The Morgan fingerprint density at radius 3 is 1.50 bits per heavy atom. The lowest BCUT2D eigenvalue weighted by molar-refractivity contribution is -0.126. The minimum atomic E-state index is 0.383. The lowest BCUT2D eigenvalue weighted by Crippen LogP contribution is -2.22. The van der Waals surface area contributed by atoms with Crippen molar-refractivity contribution in [3.05, 3.63) is 0 Å². The average molecular weight is 222 g/mol. The van der Waals surface area contributed by atoms with Crippen LogP contribution in [0, 0.1) is 22.7 Å². The molecule has 0 bridgehead atoms. The van der Waals surface area contributed by atoms with Crippen LogP contribution in [0.3, 0.4) is 0 Å². The zero-order valence-electron chi connectivity index (χ0n) is 11.3. The Balaban J connectivity index is 1.95. The molecule has 0 N–H and O–H groups in total. The zero-order valence-corrected chi connectivity index (χ0v) is 11.3. The summed E-state index contributed by atoms with van der Waals surface area (Å²) in [5, 5.41) is 0. The molecule has 2 fully saturated rings. The van der Waals surface area contributed by atoms with E-state index in [9.17, 15) is 4.79 Å². The highest BCUT2D eigenvalue weighted by molar-refractivity contribution is 5.84. The molecule has 2 aliphatic rings. The van der Waals surface area contributed by atoms with Gasteiger partial charge in [0.15, 0.2) is 0 Å². The number of Topliss-reactive ketones (excluding diaryl/α,β-unsaturated/α-hetero) is 1. The third-order valence-electron chi connectivity index (χ3n) is 4.74. The third kappa shape index (κ3) is 2.49. The van der Waals surface area contributed by atoms with Crippen LogP contribution in [0.25, 0.3) is 0 Å². The molecule has 0 aliphatic heterocycles. The Hall–Kier alpha value is -0.330. The predicted octanol–water partition coefficient (Wildman–Crippen LogP) is 4.21. The summed E-state index contributed by atoms with van der Waals surface area (Å²) in [6.07, 6.45) is 7.01. The largest absolute Gasteiger partial charge is 0.299 e. The molecule has 1 nitrogen and oxygen atoms in total. The van der Waals surface area contributed by atoms with E-state index in [1.807, 2.05) is 0 Å². The summed E-state index contributed by atoms with van der Waals surface area (Å²) < 4.78 is 0. The van der Waals surface area contributed by atoms with E-state index in [2.05, 4.69) is 27.7 Å². The summed E-state index contributed by atoms with van der Waals surface area (Å²) in [6.45, 7) is 9.22. The van der Waals surface area contributed by atoms with Crippen LogP contribution >= 0.6 is 0 Å². The molecular formula is C15H26O. The van der Waals surface area contributed by atoms with Crippen molar-refractivity contribution in [1.82, 2.24) is 0 Å². The van der Waals surface area contributed by atoms with Crippen LogP contribution in [0.5, 0.6) is 0 Å². The van der Waals surface area contributed by atoms with Gasteiger partial charge in [0.2, 0.25) is 0 Å². The quantitative estimate of drug-likeness (QED) is 0.684. The second kappa shape index (κ2) is 3.85. The van der Waals surface area contributed by atoms with Gasteiger partial charge in [0, 0.05) is 11.8 Å². The van der Waals surface area contributed by atoms with Crippen LogP contribution in [-0.2, 0) is 4.79 Å². The van der Waals surface area contributed by atoms with Crippen molar-refractivity contribution < 1.29 is 4.79 Å². The van der Waals surface area contributed by atoms with E-state index in [0.29, 0.717) is 28.4 Å². The molecule has 0 heterocycles. The highest BCUT2D eigenvalue weighted by Gasteiger charge is 2.41. The lowest BCUT2D eigenvalue weighted by Gasteiger charge is -2.20. The molecule has 0 radical (unpaired) electrons. The molecule has 2 unspecified atom stereocenters. The normalized spacial score (nSPS) is 36.5. The van der Waals surface area contributed by atoms with E-state index in [1.165, 1.54) is 12.8 Å². The molecular weight excluding hydrogens is 196 g/mol. The van der Waals surface area contributed by atoms with E-state index >= 15 is 0 Å². The first-order chi connectivity index (χ1) is 7.29. The van der Waals surface area contributed by atoms with Crippen molar-refractivity contribution >= 4 is 5.78 Å². The van der Waals surface area contributed by atoms with Crippen molar-refractivity contribution in [3.8, 4) is 0 Å². The van der Waals surface area contributed by atoms with Gasteiger partial charge in [0.1, 0.15) is 5.78 Å². The standard InChI is InChI=1S/C15H26O/c1-14(2)7-5-11(9-14)13(16)12-6-8-15(3,4)10-12/h11-12H,5-10H2,1-4H3. The fourth-order valence-electron chi connectivity index (χ4n) is 3.69. The molecule has 0 saturated heterocycles. The van der Waals surface area contributed by atoms with E-state index in [0.717, 1.165) is 25.7 Å². The third-order valence-corrected chi connectivity index (χ3v) is 4.74. The smallest absolute Gasteiger partial charge is 0.139 e. The highest BCUT2D eigenvalue weighted by atomic mass is 16.1. The van der Waals surface area contributed by atoms with Gasteiger partial charge in [-0.2, -0.15) is 0 Å². The molecule has 1 heteroatoms. The highest BCUT2D eigenvalue weighted by Crippen LogP contribution is 2.47. The van der Waals surface area contributed by atoms with Gasteiger partial charge in [-0.15, -0.1) is 0 Å². The first-order valence-electron chi connectivity index (χ1n) is 6.83. The van der Waals surface area contributed by atoms with Gasteiger partial charge in [0.05, 0.1) is 0 Å². The van der Waals surface area contributed by atoms with Crippen molar-refractivity contribution in [1.29, 1.82) is 0 Å². The molecule has 16 heavy (non-hydrogen) atoms. The maximum absolute atomic E-state index is 12.4. The summed E-state index contributed by atoms with van der Waals surface area (Å²) in [4.78, 5) is 12.4. The zero-order chi connectivity index (χ0) is 12.0. The van der Waals surface area contributed by atoms with Gasteiger partial charge in [-0.3, -0.25) is 4.79 Å². The van der Waals surface area contributed by atoms with E-state index in [-0.39, 0.29) is 0 Å². The minimum Gasteiger partial charge on any atom is -0.299 e. The summed E-state index contributed by atoms with van der Waals surface area (Å²) in [7, 11) is 0. The number of carbonyl (C=O) groups excluding carboxylic acids is 1. The van der Waals surface area contributed by atoms with Gasteiger partial charge >= 0.3 is 0 Å². The van der Waals surface area contributed by atoms with E-state index in [4.69, 9.17) is 0 Å². The molecule has 0 aromatic carbocycles. The second-order valence-corrected chi connectivity index (χ2v) is 7.61. The maximum atomic E-state index is 12.4. The Kier molecular flexibility index (Phi) is 2.92. The molecule has 2 atom stereocenters. The van der Waals surface area contributed by atoms with Crippen molar-refractivity contribution in [2.75, 3.05) is 0 Å². The number of hydrogen-bond acceptors (Lipinski definition) is 1. The average Bonchev–Trinajstić information content (AvgIpc) is 2.68. The second-order valence-electron chi connectivity index (χ2n) is 7.61. The molecule has 0 amide bonds. The van der Waals surface area contributed by atoms with Crippen LogP contribution in [0.1, 0.15) is 66.2 Å². The molecule has 0 aromatic rings. The van der Waals surface area contributed by atoms with Gasteiger partial charge in [-0.25, -0.2) is 0 Å². The number of ketones is 1. The fourth-order valence-corrected chi connectivity index (χ4v) is 3.69. The van der Waals surface area contributed by atoms with Gasteiger partial charge in [0.25, 0.3) is 0 Å². The maximum Gasteiger partial charge on any atom is 0.139 e. The monoisotopic (exact) mass is 222 g/mol. The molecule has 0 aromatic heterocycles. The van der Waals surface area contributed by atoms with Gasteiger partial charge in [-0.05, 0) is 49.4 Å². The Bertz CT molecular complexity index is 260. The first-order valence-corrected chi connectivity index (χ1v) is 6.83. The Morgan fingerprint density at radius 2 is 1.25 bits per heavy atom. The summed E-state index contributed by atoms with van der Waals surface area (Å²) in [6, 6.07) is 0. The van der Waals surface area contributed by atoms with Crippen molar-refractivity contribution in [2.24, 2.45) is 22.7 Å². The van der Waals surface area contributed by atoms with Crippen LogP contribution in [-0.4, -0.2) is 5.78 Å². The Labute approximate surface area is 100.0 Å². The van der Waals surface area contributed by atoms with Crippen molar-refractivity contribution in [2.45, 2.75) is 66.2 Å². The number of hydrogen-bond donors (Lipinski definition) is 0. The SMILES string of the molecule is CC1(C)CCC(C(=O)C2CCC(C)(C)C2)C1. The summed E-state index contributed by atoms with van der Waals surface area (Å²) in [5.74, 6) is 1.36. The van der Waals surface area contributed by atoms with Crippen molar-refractivity contribution in [3.63, 3.8) is 0 Å². The number of carbonyl (C=O) groups is 1. The molecule has 2 aliphatic carbocycles. The van der Waals surface area contributed by atoms with E-state index < -0.39 is 0 Å². The van der Waals surface area contributed by atoms with Crippen LogP contribution < -0.4 is 0 Å². The fraction of sp³-hybridized carbons (Fsp3) is 0.933. The Morgan fingerprint density at radius 1 is 0.875 bits per heavy atom. The van der Waals surface area contributed by atoms with Crippen LogP contribution in [0.2, 0.25) is 0 Å². The topological polar surface area (TPSA) is 17.1 Å². The molecule has 92 valence electrons. The summed E-state index contributed by atoms with van der Waals surface area (Å²) in [5.41, 5.74) is 0.822. The first kappa shape index (κ1) is 12.1. The molecule has 0 spiro atoms. The van der Waals surface area contributed by atoms with Crippen LogP contribution in [0.15, 0.2) is 0 Å². The van der Waals surface area contributed by atoms with Gasteiger partial charge < -0.3 is 0 Å². The lowest BCUT2D eigenvalue weighted by atomic mass is 9.84. The summed E-state index contributed by atoms with van der Waals surface area (Å²) >= 11 is 0. The number of rotatable bonds is 2.